The molecule has 0 atom stereocenters. The predicted molar refractivity (Wildman–Crippen MR) is 69.5 cm³/mol. The Kier molecular flexibility index (Phi) is 5.44. The standard InChI is InChI=1S/C13H24N2O3/c1-3-13(7-5-6-8-13)10-14-12(18)15(4-2)9-11(16)17/h3-10H2,1-2H3,(H,14,18)(H,16,17). The second-order valence-electron chi connectivity index (χ2n) is 5.13. The number of hydrogen-bond acceptors (Lipinski definition) is 2. The molecule has 0 aliphatic heterocycles. The van der Waals surface area contributed by atoms with E-state index in [1.165, 1.54) is 17.7 Å². The molecule has 0 spiro atoms. The summed E-state index contributed by atoms with van der Waals surface area (Å²) in [5, 5.41) is 11.6. The minimum Gasteiger partial charge on any atom is -0.480 e. The molecular formula is C13H24N2O3. The number of hydrogen-bond donors (Lipinski definition) is 2. The summed E-state index contributed by atoms with van der Waals surface area (Å²) in [6.45, 7) is 4.79. The van der Waals surface area contributed by atoms with Crippen molar-refractivity contribution in [1.82, 2.24) is 10.2 Å². The number of nitrogens with one attached hydrogen (secondary N) is 1. The fourth-order valence-corrected chi connectivity index (χ4v) is 2.65. The van der Waals surface area contributed by atoms with E-state index in [9.17, 15) is 9.59 Å². The van der Waals surface area contributed by atoms with Crippen LogP contribution < -0.4 is 5.32 Å². The Morgan fingerprint density at radius 3 is 2.33 bits per heavy atom. The van der Waals surface area contributed by atoms with Crippen LogP contribution in [0.3, 0.4) is 0 Å². The van der Waals surface area contributed by atoms with Gasteiger partial charge in [-0.25, -0.2) is 4.79 Å². The lowest BCUT2D eigenvalue weighted by Crippen LogP contribution is -2.46. The number of amides is 2. The van der Waals surface area contributed by atoms with Gasteiger partial charge in [0, 0.05) is 13.1 Å². The minimum absolute atomic E-state index is 0.234. The second-order valence-corrected chi connectivity index (χ2v) is 5.13. The normalized spacial score (nSPS) is 17.4. The van der Waals surface area contributed by atoms with Gasteiger partial charge in [-0.05, 0) is 31.6 Å². The Balaban J connectivity index is 2.45. The maximum atomic E-state index is 11.9. The molecule has 18 heavy (non-hydrogen) atoms. The molecule has 1 aliphatic carbocycles. The van der Waals surface area contributed by atoms with Gasteiger partial charge in [0.2, 0.25) is 0 Å². The predicted octanol–water partition coefficient (Wildman–Crippen LogP) is 2.07. The van der Waals surface area contributed by atoms with Crippen LogP contribution in [0, 0.1) is 5.41 Å². The van der Waals surface area contributed by atoms with Crippen LogP contribution in [0.25, 0.3) is 0 Å². The zero-order valence-corrected chi connectivity index (χ0v) is 11.4. The van der Waals surface area contributed by atoms with Gasteiger partial charge in [-0.1, -0.05) is 19.8 Å². The maximum absolute atomic E-state index is 11.9. The molecule has 0 bridgehead atoms. The number of rotatable bonds is 6. The van der Waals surface area contributed by atoms with Gasteiger partial charge in [-0.2, -0.15) is 0 Å². The van der Waals surface area contributed by atoms with Crippen molar-refractivity contribution in [3.05, 3.63) is 0 Å². The topological polar surface area (TPSA) is 69.6 Å². The largest absolute Gasteiger partial charge is 0.480 e. The van der Waals surface area contributed by atoms with Gasteiger partial charge >= 0.3 is 12.0 Å². The molecule has 104 valence electrons. The fourth-order valence-electron chi connectivity index (χ4n) is 2.65. The van der Waals surface area contributed by atoms with Crippen LogP contribution in [-0.2, 0) is 4.79 Å². The lowest BCUT2D eigenvalue weighted by atomic mass is 9.83. The first-order chi connectivity index (χ1) is 8.53. The van der Waals surface area contributed by atoms with Gasteiger partial charge in [0.05, 0.1) is 0 Å². The third-order valence-electron chi connectivity index (χ3n) is 4.02. The van der Waals surface area contributed by atoms with Crippen LogP contribution in [0.15, 0.2) is 0 Å². The molecule has 1 rings (SSSR count). The second kappa shape index (κ2) is 6.61. The smallest absolute Gasteiger partial charge is 0.323 e. The monoisotopic (exact) mass is 256 g/mol. The van der Waals surface area contributed by atoms with E-state index in [0.29, 0.717) is 13.1 Å². The zero-order valence-electron chi connectivity index (χ0n) is 11.4. The van der Waals surface area contributed by atoms with Crippen LogP contribution >= 0.6 is 0 Å². The highest BCUT2D eigenvalue weighted by molar-refractivity contribution is 5.80. The summed E-state index contributed by atoms with van der Waals surface area (Å²) >= 11 is 0. The lowest BCUT2D eigenvalue weighted by molar-refractivity contribution is -0.137. The van der Waals surface area contributed by atoms with Gasteiger partial charge in [-0.15, -0.1) is 0 Å². The van der Waals surface area contributed by atoms with Gasteiger partial charge in [0.25, 0.3) is 0 Å². The summed E-state index contributed by atoms with van der Waals surface area (Å²) in [5.41, 5.74) is 0.234. The van der Waals surface area contributed by atoms with Crippen LogP contribution in [-0.4, -0.2) is 41.6 Å². The van der Waals surface area contributed by atoms with Crippen LogP contribution in [0.2, 0.25) is 0 Å². The van der Waals surface area contributed by atoms with Crippen molar-refractivity contribution in [2.24, 2.45) is 5.41 Å². The van der Waals surface area contributed by atoms with Crippen LogP contribution in [0.5, 0.6) is 0 Å². The minimum atomic E-state index is -0.974. The molecule has 0 saturated heterocycles. The van der Waals surface area contributed by atoms with E-state index in [1.54, 1.807) is 6.92 Å². The first-order valence-corrected chi connectivity index (χ1v) is 6.77. The summed E-state index contributed by atoms with van der Waals surface area (Å²) in [6.07, 6.45) is 5.86. The highest BCUT2D eigenvalue weighted by Crippen LogP contribution is 2.40. The Hall–Kier alpha value is -1.26. The number of urea groups is 1. The fraction of sp³-hybridized carbons (Fsp3) is 0.846. The van der Waals surface area contributed by atoms with Crippen molar-refractivity contribution in [2.45, 2.75) is 46.0 Å². The van der Waals surface area contributed by atoms with E-state index in [4.69, 9.17) is 5.11 Å². The number of carboxylic acid groups (broad SMARTS) is 1. The van der Waals surface area contributed by atoms with Crippen molar-refractivity contribution < 1.29 is 14.7 Å². The van der Waals surface area contributed by atoms with Crippen molar-refractivity contribution in [3.8, 4) is 0 Å². The van der Waals surface area contributed by atoms with E-state index in [-0.39, 0.29) is 18.0 Å². The number of carbonyl (C=O) groups is 2. The summed E-state index contributed by atoms with van der Waals surface area (Å²) in [4.78, 5) is 23.8. The number of likely N-dealkylation sites (N-methyl/N-ethyl adjacent to an activating group) is 1. The quantitative estimate of drug-likeness (QED) is 0.764. The highest BCUT2D eigenvalue weighted by Gasteiger charge is 2.32. The van der Waals surface area contributed by atoms with E-state index in [1.807, 2.05) is 0 Å². The Bertz CT molecular complexity index is 299. The van der Waals surface area contributed by atoms with Crippen molar-refractivity contribution in [2.75, 3.05) is 19.6 Å². The van der Waals surface area contributed by atoms with Gasteiger partial charge < -0.3 is 15.3 Å². The number of nitrogens with zero attached hydrogens (tertiary/aromatic N) is 1. The van der Waals surface area contributed by atoms with E-state index < -0.39 is 5.97 Å². The molecule has 5 heteroatoms. The van der Waals surface area contributed by atoms with Crippen molar-refractivity contribution >= 4 is 12.0 Å². The molecule has 1 aliphatic rings. The van der Waals surface area contributed by atoms with E-state index >= 15 is 0 Å². The van der Waals surface area contributed by atoms with E-state index in [2.05, 4.69) is 12.2 Å². The molecule has 1 fully saturated rings. The van der Waals surface area contributed by atoms with Gasteiger partial charge in [-0.3, -0.25) is 4.79 Å². The zero-order chi connectivity index (χ0) is 13.6. The molecule has 1 saturated carbocycles. The molecular weight excluding hydrogens is 232 g/mol. The molecule has 0 heterocycles. The number of aliphatic carboxylic acids is 1. The third-order valence-corrected chi connectivity index (χ3v) is 4.02. The third kappa shape index (κ3) is 3.89. The summed E-state index contributed by atoms with van der Waals surface area (Å²) in [5.74, 6) is -0.974. The molecule has 0 aromatic carbocycles. The first kappa shape index (κ1) is 14.8. The Morgan fingerprint density at radius 2 is 1.89 bits per heavy atom. The Morgan fingerprint density at radius 1 is 1.28 bits per heavy atom. The number of carbonyl (C=O) groups excluding carboxylic acids is 1. The van der Waals surface area contributed by atoms with Crippen LogP contribution in [0.4, 0.5) is 4.79 Å². The molecule has 0 radical (unpaired) electrons. The summed E-state index contributed by atoms with van der Waals surface area (Å²) in [7, 11) is 0. The first-order valence-electron chi connectivity index (χ1n) is 6.77. The average molecular weight is 256 g/mol. The van der Waals surface area contributed by atoms with Gasteiger partial charge in [0.1, 0.15) is 6.54 Å². The average Bonchev–Trinajstić information content (AvgIpc) is 2.82. The van der Waals surface area contributed by atoms with Crippen molar-refractivity contribution in [3.63, 3.8) is 0 Å². The molecule has 0 unspecified atom stereocenters. The van der Waals surface area contributed by atoms with E-state index in [0.717, 1.165) is 19.3 Å². The number of carboxylic acids is 1. The highest BCUT2D eigenvalue weighted by atomic mass is 16.4. The molecule has 2 N–H and O–H groups in total. The SMILES string of the molecule is CCN(CC(=O)O)C(=O)NCC1(CC)CCCC1. The van der Waals surface area contributed by atoms with Gasteiger partial charge in [0.15, 0.2) is 0 Å². The Labute approximate surface area is 109 Å². The molecule has 2 amide bonds. The summed E-state index contributed by atoms with van der Waals surface area (Å²) < 4.78 is 0. The maximum Gasteiger partial charge on any atom is 0.323 e. The molecule has 5 nitrogen and oxygen atoms in total. The molecule has 0 aromatic heterocycles. The van der Waals surface area contributed by atoms with Crippen LogP contribution in [0.1, 0.15) is 46.0 Å². The lowest BCUT2D eigenvalue weighted by Gasteiger charge is -2.29. The molecule has 0 aromatic rings. The van der Waals surface area contributed by atoms with Crippen molar-refractivity contribution in [1.29, 1.82) is 0 Å². The summed E-state index contributed by atoms with van der Waals surface area (Å²) in [6, 6.07) is -0.264.